The Bertz CT molecular complexity index is 1130. The standard InChI is InChI=1S/C26H26F2N2O2/c1-4-5-26(32)30(3)23-13-10-21(16-22(23)27)19-6-8-20(9-7-19)24(31)14-11-18-12-15-25(28)29-17(18)2/h6-10,12-13,15-16H,4-5,11,14H2,1-3H3. The Morgan fingerprint density at radius 2 is 1.62 bits per heavy atom. The Kier molecular flexibility index (Phi) is 7.46. The summed E-state index contributed by atoms with van der Waals surface area (Å²) in [6.07, 6.45) is 1.84. The van der Waals surface area contributed by atoms with Crippen molar-refractivity contribution in [1.29, 1.82) is 0 Å². The molecule has 32 heavy (non-hydrogen) atoms. The predicted octanol–water partition coefficient (Wildman–Crippen LogP) is 5.91. The molecule has 6 heteroatoms. The molecule has 0 fully saturated rings. The summed E-state index contributed by atoms with van der Waals surface area (Å²) in [5, 5.41) is 0. The number of rotatable bonds is 8. The Morgan fingerprint density at radius 3 is 2.25 bits per heavy atom. The van der Waals surface area contributed by atoms with Crippen LogP contribution in [0.3, 0.4) is 0 Å². The van der Waals surface area contributed by atoms with Crippen LogP contribution < -0.4 is 4.90 Å². The number of hydrogen-bond acceptors (Lipinski definition) is 3. The molecule has 3 rings (SSSR count). The van der Waals surface area contributed by atoms with E-state index < -0.39 is 11.8 Å². The summed E-state index contributed by atoms with van der Waals surface area (Å²) in [6.45, 7) is 3.63. The molecule has 0 aliphatic rings. The molecule has 0 spiro atoms. The first kappa shape index (κ1) is 23.3. The molecule has 3 aromatic rings. The molecule has 0 aliphatic carbocycles. The maximum absolute atomic E-state index is 14.6. The Hall–Kier alpha value is -3.41. The van der Waals surface area contributed by atoms with Crippen LogP contribution in [-0.4, -0.2) is 23.7 Å². The van der Waals surface area contributed by atoms with E-state index in [1.54, 1.807) is 56.4 Å². The highest BCUT2D eigenvalue weighted by atomic mass is 19.1. The van der Waals surface area contributed by atoms with Gasteiger partial charge < -0.3 is 4.90 Å². The molecule has 0 aliphatic heterocycles. The molecule has 0 saturated carbocycles. The Labute approximate surface area is 186 Å². The van der Waals surface area contributed by atoms with Gasteiger partial charge in [-0.3, -0.25) is 9.59 Å². The molecule has 1 aromatic heterocycles. The molecule has 1 heterocycles. The van der Waals surface area contributed by atoms with Crippen molar-refractivity contribution in [2.45, 2.75) is 39.5 Å². The van der Waals surface area contributed by atoms with Crippen LogP contribution in [0.15, 0.2) is 54.6 Å². The molecule has 0 unspecified atom stereocenters. The van der Waals surface area contributed by atoms with E-state index >= 15 is 0 Å². The highest BCUT2D eigenvalue weighted by Crippen LogP contribution is 2.27. The van der Waals surface area contributed by atoms with Crippen LogP contribution >= 0.6 is 0 Å². The average molecular weight is 437 g/mol. The summed E-state index contributed by atoms with van der Waals surface area (Å²) in [7, 11) is 1.57. The number of aromatic nitrogens is 1. The summed E-state index contributed by atoms with van der Waals surface area (Å²) in [5.41, 5.74) is 3.66. The fourth-order valence-corrected chi connectivity index (χ4v) is 3.54. The van der Waals surface area contributed by atoms with Gasteiger partial charge in [0.05, 0.1) is 5.69 Å². The third-order valence-electron chi connectivity index (χ3n) is 5.47. The van der Waals surface area contributed by atoms with Crippen molar-refractivity contribution >= 4 is 17.4 Å². The van der Waals surface area contributed by atoms with Crippen LogP contribution in [0, 0.1) is 18.7 Å². The van der Waals surface area contributed by atoms with Crippen LogP contribution in [0.1, 0.15) is 47.8 Å². The van der Waals surface area contributed by atoms with Gasteiger partial charge in [-0.2, -0.15) is 4.39 Å². The van der Waals surface area contributed by atoms with Gasteiger partial charge in [0.15, 0.2) is 5.78 Å². The third kappa shape index (κ3) is 5.44. The maximum Gasteiger partial charge on any atom is 0.226 e. The van der Waals surface area contributed by atoms with Crippen molar-refractivity contribution in [3.05, 3.63) is 83.2 Å². The van der Waals surface area contributed by atoms with Crippen molar-refractivity contribution in [3.63, 3.8) is 0 Å². The minimum absolute atomic E-state index is 0.0298. The number of carbonyl (C=O) groups excluding carboxylic acids is 2. The topological polar surface area (TPSA) is 50.3 Å². The number of Topliss-reactive ketones (excluding diaryl/α,β-unsaturated/α-hetero) is 1. The zero-order chi connectivity index (χ0) is 23.3. The largest absolute Gasteiger partial charge is 0.313 e. The molecule has 0 saturated heterocycles. The Balaban J connectivity index is 1.69. The van der Waals surface area contributed by atoms with Crippen molar-refractivity contribution in [2.24, 2.45) is 0 Å². The second-order valence-corrected chi connectivity index (χ2v) is 7.75. The van der Waals surface area contributed by atoms with Crippen LogP contribution in [0.5, 0.6) is 0 Å². The smallest absolute Gasteiger partial charge is 0.226 e. The van der Waals surface area contributed by atoms with Gasteiger partial charge in [0, 0.05) is 31.1 Å². The summed E-state index contributed by atoms with van der Waals surface area (Å²) >= 11 is 0. The number of hydrogen-bond donors (Lipinski definition) is 0. The number of amides is 1. The van der Waals surface area contributed by atoms with Gasteiger partial charge in [0.25, 0.3) is 0 Å². The van der Waals surface area contributed by atoms with Gasteiger partial charge in [-0.05, 0) is 54.7 Å². The number of anilines is 1. The minimum atomic E-state index is -0.531. The lowest BCUT2D eigenvalue weighted by Gasteiger charge is -2.18. The van der Waals surface area contributed by atoms with E-state index in [9.17, 15) is 18.4 Å². The van der Waals surface area contributed by atoms with Gasteiger partial charge >= 0.3 is 0 Å². The molecule has 0 atom stereocenters. The normalized spacial score (nSPS) is 10.8. The van der Waals surface area contributed by atoms with E-state index in [1.807, 2.05) is 6.92 Å². The van der Waals surface area contributed by atoms with Crippen LogP contribution in [-0.2, 0) is 11.2 Å². The highest BCUT2D eigenvalue weighted by molar-refractivity contribution is 5.96. The minimum Gasteiger partial charge on any atom is -0.313 e. The van der Waals surface area contributed by atoms with Crippen LogP contribution in [0.4, 0.5) is 14.5 Å². The zero-order valence-corrected chi connectivity index (χ0v) is 18.5. The number of carbonyl (C=O) groups is 2. The average Bonchev–Trinajstić information content (AvgIpc) is 2.78. The van der Waals surface area contributed by atoms with E-state index in [1.165, 1.54) is 17.0 Å². The quantitative estimate of drug-likeness (QED) is 0.326. The molecule has 4 nitrogen and oxygen atoms in total. The number of ketones is 1. The maximum atomic E-state index is 14.6. The van der Waals surface area contributed by atoms with Crippen molar-refractivity contribution < 1.29 is 18.4 Å². The fraction of sp³-hybridized carbons (Fsp3) is 0.269. The van der Waals surface area contributed by atoms with Gasteiger partial charge in [0.2, 0.25) is 11.9 Å². The Morgan fingerprint density at radius 1 is 0.938 bits per heavy atom. The summed E-state index contributed by atoms with van der Waals surface area (Å²) < 4.78 is 27.8. The summed E-state index contributed by atoms with van der Waals surface area (Å²) in [6, 6.07) is 14.7. The van der Waals surface area contributed by atoms with Gasteiger partial charge in [-0.1, -0.05) is 43.3 Å². The molecule has 0 radical (unpaired) electrons. The SMILES string of the molecule is CCCC(=O)N(C)c1ccc(-c2ccc(C(=O)CCc3ccc(F)nc3C)cc2)cc1F. The number of nitrogens with zero attached hydrogens (tertiary/aromatic N) is 2. The monoisotopic (exact) mass is 436 g/mol. The van der Waals surface area contributed by atoms with Crippen molar-refractivity contribution in [3.8, 4) is 11.1 Å². The lowest BCUT2D eigenvalue weighted by Crippen LogP contribution is -2.26. The van der Waals surface area contributed by atoms with Crippen LogP contribution in [0.2, 0.25) is 0 Å². The second-order valence-electron chi connectivity index (χ2n) is 7.75. The third-order valence-corrected chi connectivity index (χ3v) is 5.47. The lowest BCUT2D eigenvalue weighted by molar-refractivity contribution is -0.118. The van der Waals surface area contributed by atoms with E-state index in [0.29, 0.717) is 36.1 Å². The summed E-state index contributed by atoms with van der Waals surface area (Å²) in [4.78, 5) is 29.7. The zero-order valence-electron chi connectivity index (χ0n) is 18.5. The molecular formula is C26H26F2N2O2. The number of aryl methyl sites for hydroxylation is 2. The molecule has 2 aromatic carbocycles. The first-order valence-corrected chi connectivity index (χ1v) is 10.6. The van der Waals surface area contributed by atoms with Crippen molar-refractivity contribution in [1.82, 2.24) is 4.98 Å². The predicted molar refractivity (Wildman–Crippen MR) is 122 cm³/mol. The number of halogens is 2. The first-order chi connectivity index (χ1) is 15.3. The number of pyridine rings is 1. The number of benzene rings is 2. The molecule has 166 valence electrons. The van der Waals surface area contributed by atoms with Gasteiger partial charge in [-0.25, -0.2) is 9.37 Å². The highest BCUT2D eigenvalue weighted by Gasteiger charge is 2.15. The van der Waals surface area contributed by atoms with Crippen molar-refractivity contribution in [2.75, 3.05) is 11.9 Å². The molecule has 0 N–H and O–H groups in total. The van der Waals surface area contributed by atoms with E-state index in [2.05, 4.69) is 4.98 Å². The molecule has 0 bridgehead atoms. The fourth-order valence-electron chi connectivity index (χ4n) is 3.54. The van der Waals surface area contributed by atoms with Gasteiger partial charge in [-0.15, -0.1) is 0 Å². The first-order valence-electron chi connectivity index (χ1n) is 10.6. The van der Waals surface area contributed by atoms with Crippen LogP contribution in [0.25, 0.3) is 11.1 Å². The second kappa shape index (κ2) is 10.3. The van der Waals surface area contributed by atoms with E-state index in [-0.39, 0.29) is 23.8 Å². The summed E-state index contributed by atoms with van der Waals surface area (Å²) in [5.74, 6) is -1.17. The lowest BCUT2D eigenvalue weighted by atomic mass is 9.99. The van der Waals surface area contributed by atoms with E-state index in [4.69, 9.17) is 0 Å². The molecule has 1 amide bonds. The van der Waals surface area contributed by atoms with E-state index in [0.717, 1.165) is 11.1 Å². The van der Waals surface area contributed by atoms with Gasteiger partial charge in [0.1, 0.15) is 5.82 Å². The molecular weight excluding hydrogens is 410 g/mol.